The van der Waals surface area contributed by atoms with E-state index in [1.54, 1.807) is 35.2 Å². The fourth-order valence-electron chi connectivity index (χ4n) is 3.69. The molecule has 2 aromatic carbocycles. The number of amides is 3. The first-order valence-corrected chi connectivity index (χ1v) is 10.6. The topological polar surface area (TPSA) is 119 Å². The number of hydrogen-bond acceptors (Lipinski definition) is 5. The molecule has 32 heavy (non-hydrogen) atoms. The number of ether oxygens (including phenoxy) is 1. The SMILES string of the molecule is CC(C)(C)OC(=O)N1CCC(c2ccc(C(=O)N(N)c3cccc(C(N)=O)c3)cc2)CC1. The van der Waals surface area contributed by atoms with Gasteiger partial charge in [-0.15, -0.1) is 0 Å². The number of benzene rings is 2. The first kappa shape index (κ1) is 23.3. The molecule has 1 aliphatic rings. The molecular weight excluding hydrogens is 408 g/mol. The largest absolute Gasteiger partial charge is 0.444 e. The van der Waals surface area contributed by atoms with Crippen LogP contribution in [0.25, 0.3) is 0 Å². The van der Waals surface area contributed by atoms with Crippen molar-refractivity contribution in [2.24, 2.45) is 11.6 Å². The van der Waals surface area contributed by atoms with Gasteiger partial charge >= 0.3 is 6.09 Å². The lowest BCUT2D eigenvalue weighted by Gasteiger charge is -2.33. The summed E-state index contributed by atoms with van der Waals surface area (Å²) < 4.78 is 5.45. The highest BCUT2D eigenvalue weighted by Gasteiger charge is 2.27. The lowest BCUT2D eigenvalue weighted by Crippen LogP contribution is -2.41. The van der Waals surface area contributed by atoms with Crippen LogP contribution in [0.15, 0.2) is 48.5 Å². The van der Waals surface area contributed by atoms with Gasteiger partial charge in [0.1, 0.15) is 5.60 Å². The Kier molecular flexibility index (Phi) is 6.84. The van der Waals surface area contributed by atoms with Crippen LogP contribution in [-0.2, 0) is 4.74 Å². The molecule has 1 aliphatic heterocycles. The molecule has 0 aromatic heterocycles. The van der Waals surface area contributed by atoms with Crippen LogP contribution in [0.4, 0.5) is 10.5 Å². The van der Waals surface area contributed by atoms with Gasteiger partial charge in [0.2, 0.25) is 5.91 Å². The third-order valence-corrected chi connectivity index (χ3v) is 5.40. The third-order valence-electron chi connectivity index (χ3n) is 5.40. The molecule has 1 heterocycles. The van der Waals surface area contributed by atoms with Crippen LogP contribution < -0.4 is 16.6 Å². The maximum atomic E-state index is 12.8. The van der Waals surface area contributed by atoms with E-state index in [0.29, 0.717) is 30.3 Å². The molecule has 0 atom stereocenters. The maximum Gasteiger partial charge on any atom is 0.410 e. The van der Waals surface area contributed by atoms with E-state index in [9.17, 15) is 14.4 Å². The molecule has 3 amide bonds. The van der Waals surface area contributed by atoms with Crippen molar-refractivity contribution in [1.82, 2.24) is 4.90 Å². The van der Waals surface area contributed by atoms with E-state index in [1.165, 1.54) is 6.07 Å². The van der Waals surface area contributed by atoms with E-state index in [-0.39, 0.29) is 11.7 Å². The van der Waals surface area contributed by atoms with Crippen LogP contribution in [0.1, 0.15) is 65.8 Å². The molecule has 4 N–H and O–H groups in total. The normalized spacial score (nSPS) is 14.7. The lowest BCUT2D eigenvalue weighted by atomic mass is 9.89. The highest BCUT2D eigenvalue weighted by Crippen LogP contribution is 2.29. The Labute approximate surface area is 188 Å². The van der Waals surface area contributed by atoms with Gasteiger partial charge in [0.25, 0.3) is 5.91 Å². The summed E-state index contributed by atoms with van der Waals surface area (Å²) in [5, 5.41) is 1.00. The zero-order valence-corrected chi connectivity index (χ0v) is 18.7. The van der Waals surface area contributed by atoms with Gasteiger partial charge in [0.05, 0.1) is 5.69 Å². The van der Waals surface area contributed by atoms with Crippen molar-refractivity contribution >= 4 is 23.6 Å². The summed E-state index contributed by atoms with van der Waals surface area (Å²) >= 11 is 0. The minimum Gasteiger partial charge on any atom is -0.444 e. The van der Waals surface area contributed by atoms with Crippen molar-refractivity contribution in [2.45, 2.75) is 45.1 Å². The molecule has 3 rings (SSSR count). The number of carbonyl (C=O) groups is 3. The van der Waals surface area contributed by atoms with Crippen molar-refractivity contribution in [1.29, 1.82) is 0 Å². The summed E-state index contributed by atoms with van der Waals surface area (Å²) in [6.45, 7) is 6.84. The molecule has 0 saturated carbocycles. The predicted molar refractivity (Wildman–Crippen MR) is 122 cm³/mol. The van der Waals surface area contributed by atoms with Gasteiger partial charge < -0.3 is 15.4 Å². The molecule has 2 aromatic rings. The first-order valence-electron chi connectivity index (χ1n) is 10.6. The molecule has 170 valence electrons. The van der Waals surface area contributed by atoms with Gasteiger partial charge in [-0.2, -0.15) is 0 Å². The van der Waals surface area contributed by atoms with E-state index >= 15 is 0 Å². The van der Waals surface area contributed by atoms with Gasteiger partial charge in [0.15, 0.2) is 0 Å². The highest BCUT2D eigenvalue weighted by molar-refractivity contribution is 6.06. The number of hydrazine groups is 1. The number of likely N-dealkylation sites (tertiary alicyclic amines) is 1. The predicted octanol–water partition coefficient (Wildman–Crippen LogP) is 3.42. The number of hydrogen-bond donors (Lipinski definition) is 2. The smallest absolute Gasteiger partial charge is 0.410 e. The maximum absolute atomic E-state index is 12.8. The Balaban J connectivity index is 1.62. The summed E-state index contributed by atoms with van der Waals surface area (Å²) in [5.74, 6) is 5.32. The summed E-state index contributed by atoms with van der Waals surface area (Å²) in [7, 11) is 0. The molecule has 0 bridgehead atoms. The zero-order valence-electron chi connectivity index (χ0n) is 18.7. The number of nitrogens with two attached hydrogens (primary N) is 2. The van der Waals surface area contributed by atoms with E-state index in [0.717, 1.165) is 23.4 Å². The van der Waals surface area contributed by atoms with Crippen molar-refractivity contribution in [3.05, 3.63) is 65.2 Å². The minimum atomic E-state index is -0.588. The van der Waals surface area contributed by atoms with E-state index in [4.69, 9.17) is 16.3 Å². The van der Waals surface area contributed by atoms with Crippen LogP contribution in [0, 0.1) is 0 Å². The summed E-state index contributed by atoms with van der Waals surface area (Å²) in [4.78, 5) is 38.1. The van der Waals surface area contributed by atoms with Gasteiger partial charge in [-0.3, -0.25) is 9.59 Å². The summed E-state index contributed by atoms with van der Waals surface area (Å²) in [6, 6.07) is 13.6. The molecule has 1 fully saturated rings. The molecule has 0 radical (unpaired) electrons. The standard InChI is InChI=1S/C24H30N4O4/c1-24(2,3)32-23(31)27-13-11-17(12-14-27)16-7-9-18(10-8-16)22(30)28(26)20-6-4-5-19(15-20)21(25)29/h4-10,15,17H,11-14,26H2,1-3H3,(H2,25,29). The van der Waals surface area contributed by atoms with Crippen molar-refractivity contribution in [2.75, 3.05) is 18.1 Å². The van der Waals surface area contributed by atoms with Gasteiger partial charge in [-0.05, 0) is 75.4 Å². The van der Waals surface area contributed by atoms with E-state index in [1.807, 2.05) is 32.9 Å². The number of anilines is 1. The van der Waals surface area contributed by atoms with E-state index < -0.39 is 17.4 Å². The van der Waals surface area contributed by atoms with Crippen LogP contribution in [-0.4, -0.2) is 41.5 Å². The molecule has 0 unspecified atom stereocenters. The Morgan fingerprint density at radius 2 is 1.62 bits per heavy atom. The second-order valence-electron chi connectivity index (χ2n) is 8.95. The minimum absolute atomic E-state index is 0.277. The van der Waals surface area contributed by atoms with Gasteiger partial charge in [-0.1, -0.05) is 18.2 Å². The number of carbonyl (C=O) groups excluding carboxylic acids is 3. The molecular formula is C24H30N4O4. The van der Waals surface area contributed by atoms with E-state index in [2.05, 4.69) is 0 Å². The van der Waals surface area contributed by atoms with Crippen molar-refractivity contribution < 1.29 is 19.1 Å². The Morgan fingerprint density at radius 3 is 2.19 bits per heavy atom. The number of nitrogens with zero attached hydrogens (tertiary/aromatic N) is 2. The van der Waals surface area contributed by atoms with Crippen molar-refractivity contribution in [3.8, 4) is 0 Å². The van der Waals surface area contributed by atoms with Crippen LogP contribution in [0.5, 0.6) is 0 Å². The fraction of sp³-hybridized carbons (Fsp3) is 0.375. The lowest BCUT2D eigenvalue weighted by molar-refractivity contribution is 0.0204. The quantitative estimate of drug-likeness (QED) is 0.431. The second kappa shape index (κ2) is 9.40. The van der Waals surface area contributed by atoms with Crippen molar-refractivity contribution in [3.63, 3.8) is 0 Å². The number of primary amides is 1. The average Bonchev–Trinajstić information content (AvgIpc) is 2.77. The van der Waals surface area contributed by atoms with Crippen LogP contribution in [0.3, 0.4) is 0 Å². The number of piperidine rings is 1. The summed E-state index contributed by atoms with van der Waals surface area (Å²) in [6.07, 6.45) is 1.38. The molecule has 8 nitrogen and oxygen atoms in total. The molecule has 0 spiro atoms. The Morgan fingerprint density at radius 1 is 1.00 bits per heavy atom. The summed E-state index contributed by atoms with van der Waals surface area (Å²) in [5.41, 5.74) is 7.00. The second-order valence-corrected chi connectivity index (χ2v) is 8.95. The molecule has 1 saturated heterocycles. The average molecular weight is 439 g/mol. The highest BCUT2D eigenvalue weighted by atomic mass is 16.6. The van der Waals surface area contributed by atoms with Gasteiger partial charge in [-0.25, -0.2) is 15.6 Å². The van der Waals surface area contributed by atoms with Crippen LogP contribution >= 0.6 is 0 Å². The van der Waals surface area contributed by atoms with Gasteiger partial charge in [0, 0.05) is 24.2 Å². The fourth-order valence-corrected chi connectivity index (χ4v) is 3.69. The zero-order chi connectivity index (χ0) is 23.5. The molecule has 0 aliphatic carbocycles. The Hall–Kier alpha value is -3.39. The molecule has 8 heteroatoms. The van der Waals surface area contributed by atoms with Crippen LogP contribution in [0.2, 0.25) is 0 Å². The Bertz CT molecular complexity index is 990. The number of rotatable bonds is 4. The monoisotopic (exact) mass is 438 g/mol. The third kappa shape index (κ3) is 5.64. The first-order chi connectivity index (χ1) is 15.0.